The van der Waals surface area contributed by atoms with Gasteiger partial charge in [-0.1, -0.05) is 34.8 Å². The zero-order valence-electron chi connectivity index (χ0n) is 9.42. The Hall–Kier alpha value is -0.790. The highest BCUT2D eigenvalue weighted by atomic mass is 35.6. The van der Waals surface area contributed by atoms with Gasteiger partial charge >= 0.3 is 5.97 Å². The van der Waals surface area contributed by atoms with Crippen molar-refractivity contribution in [2.75, 3.05) is 0 Å². The van der Waals surface area contributed by atoms with E-state index in [1.54, 1.807) is 0 Å². The van der Waals surface area contributed by atoms with E-state index < -0.39 is 50.5 Å². The predicted molar refractivity (Wildman–Crippen MR) is 61.0 cm³/mol. The van der Waals surface area contributed by atoms with E-state index in [1.165, 1.54) is 0 Å². The lowest BCUT2D eigenvalue weighted by Gasteiger charge is -2.25. The zero-order valence-corrected chi connectivity index (χ0v) is 11.7. The molecule has 1 atom stereocenters. The summed E-state index contributed by atoms with van der Waals surface area (Å²) in [6, 6.07) is 0. The van der Waals surface area contributed by atoms with Crippen molar-refractivity contribution in [3.05, 3.63) is 34.6 Å². The van der Waals surface area contributed by atoms with Crippen LogP contribution in [-0.2, 0) is 9.53 Å². The highest BCUT2D eigenvalue weighted by Crippen LogP contribution is 2.45. The Kier molecular flexibility index (Phi) is 5.10. The number of halogens is 8. The van der Waals surface area contributed by atoms with Gasteiger partial charge in [0.15, 0.2) is 29.4 Å². The summed E-state index contributed by atoms with van der Waals surface area (Å²) >= 11 is 16.0. The van der Waals surface area contributed by atoms with Crippen LogP contribution in [-0.4, -0.2) is 9.76 Å². The third kappa shape index (κ3) is 3.27. The standard InChI is InChI=1S/C10H4Cl3F5O2/c1-2(19)20-9(10(11,12)13)3-4(14)6(16)8(18)7(17)5(3)15/h9H,1H3. The van der Waals surface area contributed by atoms with Gasteiger partial charge in [-0.25, -0.2) is 22.0 Å². The molecule has 0 amide bonds. The number of benzene rings is 1. The molecule has 112 valence electrons. The maximum Gasteiger partial charge on any atom is 0.303 e. The smallest absolute Gasteiger partial charge is 0.303 e. The molecule has 0 saturated heterocycles. The van der Waals surface area contributed by atoms with Crippen LogP contribution >= 0.6 is 34.8 Å². The minimum absolute atomic E-state index is 0.801. The highest BCUT2D eigenvalue weighted by Gasteiger charge is 2.43. The van der Waals surface area contributed by atoms with Gasteiger partial charge in [-0.05, 0) is 0 Å². The second-order valence-corrected chi connectivity index (χ2v) is 5.88. The van der Waals surface area contributed by atoms with Crippen LogP contribution in [0.15, 0.2) is 0 Å². The monoisotopic (exact) mass is 356 g/mol. The molecule has 0 aliphatic heterocycles. The molecule has 10 heteroatoms. The first-order valence-corrected chi connectivity index (χ1v) is 5.87. The number of esters is 1. The van der Waals surface area contributed by atoms with Crippen LogP contribution in [0.25, 0.3) is 0 Å². The minimum atomic E-state index is -2.65. The van der Waals surface area contributed by atoms with Crippen molar-refractivity contribution < 1.29 is 31.5 Å². The predicted octanol–water partition coefficient (Wildman–Crippen LogP) is 4.36. The normalized spacial score (nSPS) is 13.2. The summed E-state index contributed by atoms with van der Waals surface area (Å²) < 4.78 is 67.8. The Morgan fingerprint density at radius 3 is 1.60 bits per heavy atom. The number of ether oxygens (including phenoxy) is 1. The Bertz CT molecular complexity index is 530. The lowest BCUT2D eigenvalue weighted by Crippen LogP contribution is -2.26. The lowest BCUT2D eigenvalue weighted by atomic mass is 10.1. The first-order valence-electron chi connectivity index (χ1n) is 4.73. The van der Waals surface area contributed by atoms with Crippen molar-refractivity contribution in [1.82, 2.24) is 0 Å². The number of hydrogen-bond donors (Lipinski definition) is 0. The fraction of sp³-hybridized carbons (Fsp3) is 0.300. The van der Waals surface area contributed by atoms with Crippen LogP contribution < -0.4 is 0 Å². The summed E-state index contributed by atoms with van der Waals surface area (Å²) in [6.45, 7) is 0.801. The van der Waals surface area contributed by atoms with Crippen molar-refractivity contribution >= 4 is 40.8 Å². The highest BCUT2D eigenvalue weighted by molar-refractivity contribution is 6.68. The van der Waals surface area contributed by atoms with Crippen molar-refractivity contribution in [2.45, 2.75) is 16.8 Å². The molecule has 0 spiro atoms. The fourth-order valence-electron chi connectivity index (χ4n) is 1.31. The molecular weight excluding hydrogens is 353 g/mol. The van der Waals surface area contributed by atoms with E-state index >= 15 is 0 Å². The largest absolute Gasteiger partial charge is 0.453 e. The van der Waals surface area contributed by atoms with Gasteiger partial charge in [-0.2, -0.15) is 0 Å². The van der Waals surface area contributed by atoms with Crippen molar-refractivity contribution in [1.29, 1.82) is 0 Å². The number of alkyl halides is 3. The van der Waals surface area contributed by atoms with Gasteiger partial charge in [0.05, 0.1) is 5.56 Å². The summed E-state index contributed by atoms with van der Waals surface area (Å²) in [5, 5.41) is 0. The quantitative estimate of drug-likeness (QED) is 0.258. The van der Waals surface area contributed by atoms with Gasteiger partial charge in [0.2, 0.25) is 9.61 Å². The third-order valence-electron chi connectivity index (χ3n) is 2.09. The SMILES string of the molecule is CC(=O)OC(c1c(F)c(F)c(F)c(F)c1F)C(Cl)(Cl)Cl. The van der Waals surface area contributed by atoms with E-state index in [9.17, 15) is 26.7 Å². The van der Waals surface area contributed by atoms with E-state index in [2.05, 4.69) is 4.74 Å². The molecule has 2 nitrogen and oxygen atoms in total. The molecule has 0 bridgehead atoms. The summed E-state index contributed by atoms with van der Waals surface area (Å²) in [5.74, 6) is -12.5. The fourth-order valence-corrected chi connectivity index (χ4v) is 1.77. The molecule has 1 unspecified atom stereocenters. The molecule has 1 aromatic rings. The molecule has 0 aromatic heterocycles. The summed E-state index contributed by atoms with van der Waals surface area (Å²) in [5.41, 5.74) is -1.54. The molecule has 0 fully saturated rings. The van der Waals surface area contributed by atoms with Gasteiger partial charge in [0.25, 0.3) is 0 Å². The molecule has 0 saturated carbocycles. The zero-order chi connectivity index (χ0) is 15.8. The van der Waals surface area contributed by atoms with Gasteiger partial charge in [0.1, 0.15) is 0 Å². The van der Waals surface area contributed by atoms with Gasteiger partial charge in [-0.15, -0.1) is 0 Å². The van der Waals surface area contributed by atoms with Crippen molar-refractivity contribution in [3.8, 4) is 0 Å². The third-order valence-corrected chi connectivity index (χ3v) is 2.68. The van der Waals surface area contributed by atoms with E-state index in [1.807, 2.05) is 0 Å². The first-order chi connectivity index (χ1) is 8.98. The molecule has 0 heterocycles. The number of carbonyl (C=O) groups excluding carboxylic acids is 1. The number of rotatable bonds is 2. The summed E-state index contributed by atoms with van der Waals surface area (Å²) in [6.07, 6.45) is -2.31. The Morgan fingerprint density at radius 1 is 0.950 bits per heavy atom. The topological polar surface area (TPSA) is 26.3 Å². The molecule has 20 heavy (non-hydrogen) atoms. The maximum atomic E-state index is 13.5. The average molecular weight is 357 g/mol. The van der Waals surface area contributed by atoms with Crippen LogP contribution in [0.5, 0.6) is 0 Å². The number of carbonyl (C=O) groups is 1. The van der Waals surface area contributed by atoms with Gasteiger partial charge < -0.3 is 4.74 Å². The Morgan fingerprint density at radius 2 is 1.30 bits per heavy atom. The second-order valence-electron chi connectivity index (χ2n) is 3.51. The van der Waals surface area contributed by atoms with Gasteiger partial charge in [0, 0.05) is 6.92 Å². The maximum absolute atomic E-state index is 13.5. The summed E-state index contributed by atoms with van der Waals surface area (Å²) in [4.78, 5) is 10.8. The van der Waals surface area contributed by atoms with Crippen LogP contribution in [0.2, 0.25) is 0 Å². The summed E-state index contributed by atoms with van der Waals surface area (Å²) in [7, 11) is 0. The Labute approximate surface area is 124 Å². The Balaban J connectivity index is 3.61. The van der Waals surface area contributed by atoms with Crippen molar-refractivity contribution in [2.24, 2.45) is 0 Å². The molecular formula is C10H4Cl3F5O2. The molecule has 0 aliphatic rings. The lowest BCUT2D eigenvalue weighted by molar-refractivity contribution is -0.146. The van der Waals surface area contributed by atoms with Crippen LogP contribution in [0.4, 0.5) is 22.0 Å². The first kappa shape index (κ1) is 17.3. The van der Waals surface area contributed by atoms with Crippen LogP contribution in [0.1, 0.15) is 18.6 Å². The van der Waals surface area contributed by atoms with Gasteiger partial charge in [-0.3, -0.25) is 4.79 Å². The molecule has 0 radical (unpaired) electrons. The average Bonchev–Trinajstić information content (AvgIpc) is 2.31. The van der Waals surface area contributed by atoms with E-state index in [0.717, 1.165) is 6.92 Å². The minimum Gasteiger partial charge on any atom is -0.453 e. The van der Waals surface area contributed by atoms with E-state index in [-0.39, 0.29) is 0 Å². The molecule has 0 aliphatic carbocycles. The molecule has 1 rings (SSSR count). The number of hydrogen-bond acceptors (Lipinski definition) is 2. The molecule has 0 N–H and O–H groups in total. The van der Waals surface area contributed by atoms with Crippen molar-refractivity contribution in [3.63, 3.8) is 0 Å². The van der Waals surface area contributed by atoms with E-state index in [0.29, 0.717) is 0 Å². The second kappa shape index (κ2) is 5.91. The molecule has 1 aromatic carbocycles. The van der Waals surface area contributed by atoms with E-state index in [4.69, 9.17) is 34.8 Å². The van der Waals surface area contributed by atoms with Crippen LogP contribution in [0.3, 0.4) is 0 Å². The van der Waals surface area contributed by atoms with Crippen LogP contribution in [0, 0.1) is 29.1 Å².